The van der Waals surface area contributed by atoms with Gasteiger partial charge in [0.05, 0.1) is 22.5 Å². The summed E-state index contributed by atoms with van der Waals surface area (Å²) in [5, 5.41) is 9.26. The van der Waals surface area contributed by atoms with Gasteiger partial charge in [-0.2, -0.15) is 10.2 Å². The van der Waals surface area contributed by atoms with Crippen molar-refractivity contribution in [3.63, 3.8) is 0 Å². The molecule has 0 N–H and O–H groups in total. The van der Waals surface area contributed by atoms with Crippen molar-refractivity contribution in [2.24, 2.45) is 14.1 Å². The molecule has 0 aliphatic heterocycles. The summed E-state index contributed by atoms with van der Waals surface area (Å²) in [6.45, 7) is 1.85. The fourth-order valence-corrected chi connectivity index (χ4v) is 3.11. The summed E-state index contributed by atoms with van der Waals surface area (Å²) in [7, 11) is 3.56. The molecule has 0 unspecified atom stereocenters. The van der Waals surface area contributed by atoms with Crippen molar-refractivity contribution >= 4 is 11.0 Å². The minimum absolute atomic E-state index is 0.0169. The molecule has 0 radical (unpaired) electrons. The van der Waals surface area contributed by atoms with Gasteiger partial charge in [0.25, 0.3) is 6.43 Å². The third-order valence-electron chi connectivity index (χ3n) is 4.34. The van der Waals surface area contributed by atoms with Crippen LogP contribution in [0.2, 0.25) is 0 Å². The van der Waals surface area contributed by atoms with Gasteiger partial charge in [0.1, 0.15) is 0 Å². The average Bonchev–Trinajstić information content (AvgIpc) is 3.21. The number of nitrogens with zero attached hydrogens (tertiary/aromatic N) is 5. The van der Waals surface area contributed by atoms with Crippen LogP contribution in [-0.4, -0.2) is 24.5 Å². The fraction of sp³-hybridized carbons (Fsp3) is 0.438. The van der Waals surface area contributed by atoms with E-state index in [9.17, 15) is 8.78 Å². The molecule has 1 aliphatic carbocycles. The molecule has 0 bridgehead atoms. The van der Waals surface area contributed by atoms with Crippen molar-refractivity contribution in [1.29, 1.82) is 0 Å². The summed E-state index contributed by atoms with van der Waals surface area (Å²) < 4.78 is 30.7. The van der Waals surface area contributed by atoms with E-state index in [1.54, 1.807) is 29.7 Å². The fourth-order valence-electron chi connectivity index (χ4n) is 3.11. The number of hydrogen-bond acceptors (Lipinski definition) is 3. The maximum Gasteiger partial charge on any atom is 0.264 e. The molecule has 0 spiro atoms. The molecule has 3 heterocycles. The molecule has 0 aromatic carbocycles. The molecule has 120 valence electrons. The van der Waals surface area contributed by atoms with E-state index < -0.39 is 6.43 Å². The first-order chi connectivity index (χ1) is 11.0. The van der Waals surface area contributed by atoms with Crippen molar-refractivity contribution in [1.82, 2.24) is 24.5 Å². The first-order valence-corrected chi connectivity index (χ1v) is 7.62. The second-order valence-corrected chi connectivity index (χ2v) is 6.18. The predicted molar refractivity (Wildman–Crippen MR) is 82.4 cm³/mol. The lowest BCUT2D eigenvalue weighted by atomic mass is 10.0. The average molecular weight is 317 g/mol. The Morgan fingerprint density at radius 1 is 1.22 bits per heavy atom. The maximum atomic E-state index is 13.7. The van der Waals surface area contributed by atoms with Crippen LogP contribution in [0.3, 0.4) is 0 Å². The minimum Gasteiger partial charge on any atom is -0.275 e. The number of hydrogen-bond donors (Lipinski definition) is 0. The molecule has 23 heavy (non-hydrogen) atoms. The van der Waals surface area contributed by atoms with Gasteiger partial charge in [0, 0.05) is 37.3 Å². The Labute approximate surface area is 131 Å². The summed E-state index contributed by atoms with van der Waals surface area (Å²) in [4.78, 5) is 4.61. The van der Waals surface area contributed by atoms with Crippen molar-refractivity contribution in [2.75, 3.05) is 0 Å². The van der Waals surface area contributed by atoms with Crippen molar-refractivity contribution < 1.29 is 8.78 Å². The second kappa shape index (κ2) is 4.84. The normalized spacial score (nSPS) is 15.0. The third kappa shape index (κ3) is 2.22. The van der Waals surface area contributed by atoms with Crippen LogP contribution in [-0.2, 0) is 14.1 Å². The van der Waals surface area contributed by atoms with Gasteiger partial charge in [0.15, 0.2) is 5.65 Å². The lowest BCUT2D eigenvalue weighted by molar-refractivity contribution is 0.153. The topological polar surface area (TPSA) is 48.5 Å². The number of alkyl halides is 2. The Morgan fingerprint density at radius 2 is 1.96 bits per heavy atom. The van der Waals surface area contributed by atoms with Crippen LogP contribution in [0.5, 0.6) is 0 Å². The van der Waals surface area contributed by atoms with E-state index in [1.807, 2.05) is 6.92 Å². The Balaban J connectivity index is 2.01. The van der Waals surface area contributed by atoms with E-state index in [2.05, 4.69) is 15.2 Å². The molecular weight excluding hydrogens is 300 g/mol. The standard InChI is InChI=1S/C16H17F2N5/c1-8-11(7-22(2)20-8)12-6-10(15(17)18)13-14(9-4-5-9)21-23(3)16(13)19-12/h6-7,9,15H,4-5H2,1-3H3. The SMILES string of the molecule is Cc1nn(C)cc1-c1cc(C(F)F)c2c(C3CC3)nn(C)c2n1. The molecule has 7 heteroatoms. The summed E-state index contributed by atoms with van der Waals surface area (Å²) >= 11 is 0. The van der Waals surface area contributed by atoms with Crippen LogP contribution in [0.4, 0.5) is 8.78 Å². The molecule has 0 saturated heterocycles. The van der Waals surface area contributed by atoms with Crippen LogP contribution in [0.1, 0.15) is 42.1 Å². The second-order valence-electron chi connectivity index (χ2n) is 6.18. The van der Waals surface area contributed by atoms with Crippen LogP contribution in [0.15, 0.2) is 12.3 Å². The van der Waals surface area contributed by atoms with Crippen LogP contribution >= 0.6 is 0 Å². The molecule has 1 aliphatic rings. The number of rotatable bonds is 3. The van der Waals surface area contributed by atoms with E-state index in [4.69, 9.17) is 0 Å². The number of pyridine rings is 1. The van der Waals surface area contributed by atoms with Gasteiger partial charge in [-0.3, -0.25) is 9.36 Å². The zero-order chi connectivity index (χ0) is 16.3. The van der Waals surface area contributed by atoms with Gasteiger partial charge < -0.3 is 0 Å². The molecule has 0 atom stereocenters. The molecule has 1 fully saturated rings. The van der Waals surface area contributed by atoms with E-state index >= 15 is 0 Å². The van der Waals surface area contributed by atoms with Crippen LogP contribution < -0.4 is 0 Å². The van der Waals surface area contributed by atoms with Gasteiger partial charge in [0.2, 0.25) is 0 Å². The van der Waals surface area contributed by atoms with Crippen molar-refractivity contribution in [2.45, 2.75) is 32.1 Å². The van der Waals surface area contributed by atoms with Gasteiger partial charge in [-0.05, 0) is 25.8 Å². The highest BCUT2D eigenvalue weighted by Gasteiger charge is 2.32. The summed E-state index contributed by atoms with van der Waals surface area (Å²) in [6.07, 6.45) is 1.27. The smallest absolute Gasteiger partial charge is 0.264 e. The number of halogens is 2. The first-order valence-electron chi connectivity index (χ1n) is 7.62. The van der Waals surface area contributed by atoms with Gasteiger partial charge in [-0.25, -0.2) is 13.8 Å². The third-order valence-corrected chi connectivity index (χ3v) is 4.34. The molecule has 0 amide bonds. The van der Waals surface area contributed by atoms with Gasteiger partial charge >= 0.3 is 0 Å². The lowest BCUT2D eigenvalue weighted by Crippen LogP contribution is -1.96. The zero-order valence-corrected chi connectivity index (χ0v) is 13.2. The quantitative estimate of drug-likeness (QED) is 0.743. The van der Waals surface area contributed by atoms with Crippen molar-refractivity contribution in [3.8, 4) is 11.3 Å². The highest BCUT2D eigenvalue weighted by atomic mass is 19.3. The minimum atomic E-state index is -2.56. The van der Waals surface area contributed by atoms with Crippen molar-refractivity contribution in [3.05, 3.63) is 29.2 Å². The van der Waals surface area contributed by atoms with E-state index in [0.717, 1.165) is 29.8 Å². The number of fused-ring (bicyclic) bond motifs is 1. The van der Waals surface area contributed by atoms with E-state index in [-0.39, 0.29) is 5.56 Å². The zero-order valence-electron chi connectivity index (χ0n) is 13.2. The maximum absolute atomic E-state index is 13.7. The lowest BCUT2D eigenvalue weighted by Gasteiger charge is -2.07. The Hall–Kier alpha value is -2.31. The highest BCUT2D eigenvalue weighted by molar-refractivity contribution is 5.86. The van der Waals surface area contributed by atoms with E-state index in [0.29, 0.717) is 22.6 Å². The van der Waals surface area contributed by atoms with Gasteiger partial charge in [-0.1, -0.05) is 0 Å². The first kappa shape index (κ1) is 14.3. The molecule has 4 rings (SSSR count). The Kier molecular flexibility index (Phi) is 3.01. The highest BCUT2D eigenvalue weighted by Crippen LogP contribution is 2.44. The van der Waals surface area contributed by atoms with E-state index in [1.165, 1.54) is 6.07 Å². The summed E-state index contributed by atoms with van der Waals surface area (Å²) in [5.41, 5.74) is 3.35. The monoisotopic (exact) mass is 317 g/mol. The molecule has 3 aromatic rings. The van der Waals surface area contributed by atoms with Gasteiger partial charge in [-0.15, -0.1) is 0 Å². The Morgan fingerprint density at radius 3 is 2.52 bits per heavy atom. The predicted octanol–water partition coefficient (Wildman–Crippen LogP) is 3.49. The van der Waals surface area contributed by atoms with Crippen LogP contribution in [0.25, 0.3) is 22.3 Å². The summed E-state index contributed by atoms with van der Waals surface area (Å²) in [5.74, 6) is 0.295. The number of aryl methyl sites for hydroxylation is 3. The summed E-state index contributed by atoms with van der Waals surface area (Å²) in [6, 6.07) is 1.49. The molecule has 3 aromatic heterocycles. The molecular formula is C16H17F2N5. The molecule has 1 saturated carbocycles. The largest absolute Gasteiger partial charge is 0.275 e. The Bertz CT molecular complexity index is 905. The number of aromatic nitrogens is 5. The van der Waals surface area contributed by atoms with Crippen LogP contribution in [0, 0.1) is 6.92 Å². The molecule has 5 nitrogen and oxygen atoms in total.